The quantitative estimate of drug-likeness (QED) is 0.190. The van der Waals surface area contributed by atoms with Crippen molar-refractivity contribution in [2.24, 2.45) is 0 Å². The number of hydrogen-bond acceptors (Lipinski definition) is 5. The van der Waals surface area contributed by atoms with Crippen LogP contribution in [0.4, 0.5) is 10.1 Å². The SMILES string of the molecule is CC(=O)c1cn(CC(=O)N2C[C@H](F)C[C@H]2C(=O)Nc2cccc(-c3ccccc3Cl)c2Cl)c2ccc(-c3cnc(C)cn3)cc12. The number of halogens is 3. The molecule has 0 spiro atoms. The lowest BCUT2D eigenvalue weighted by Gasteiger charge is -2.24. The predicted octanol–water partition coefficient (Wildman–Crippen LogP) is 7.16. The monoisotopic (exact) mass is 643 g/mol. The summed E-state index contributed by atoms with van der Waals surface area (Å²) in [4.78, 5) is 49.7. The van der Waals surface area contributed by atoms with Gasteiger partial charge in [-0.1, -0.05) is 59.6 Å². The number of fused-ring (bicyclic) bond motifs is 1. The van der Waals surface area contributed by atoms with E-state index in [4.69, 9.17) is 23.2 Å². The summed E-state index contributed by atoms with van der Waals surface area (Å²) in [6, 6.07) is 16.8. The van der Waals surface area contributed by atoms with Gasteiger partial charge in [0.25, 0.3) is 0 Å². The van der Waals surface area contributed by atoms with Gasteiger partial charge in [0, 0.05) is 57.0 Å². The summed E-state index contributed by atoms with van der Waals surface area (Å²) in [5.74, 6) is -1.17. The Morgan fingerprint density at radius 2 is 1.78 bits per heavy atom. The molecule has 3 aromatic carbocycles. The molecule has 0 aliphatic carbocycles. The highest BCUT2D eigenvalue weighted by molar-refractivity contribution is 6.38. The van der Waals surface area contributed by atoms with Crippen LogP contribution >= 0.6 is 23.2 Å². The third-order valence-electron chi connectivity index (χ3n) is 7.94. The first-order valence-corrected chi connectivity index (χ1v) is 15.1. The Labute approximate surface area is 268 Å². The zero-order chi connectivity index (χ0) is 31.8. The minimum Gasteiger partial charge on any atom is -0.337 e. The average Bonchev–Trinajstić information content (AvgIpc) is 3.59. The van der Waals surface area contributed by atoms with Gasteiger partial charge < -0.3 is 14.8 Å². The third-order valence-corrected chi connectivity index (χ3v) is 8.67. The number of Topliss-reactive ketones (excluding diaryl/α,β-unsaturated/α-hetero) is 1. The minimum absolute atomic E-state index is 0.147. The molecular formula is C34H28Cl2FN5O3. The van der Waals surface area contributed by atoms with Crippen molar-refractivity contribution in [2.45, 2.75) is 39.0 Å². The number of benzene rings is 3. The lowest BCUT2D eigenvalue weighted by molar-refractivity contribution is -0.137. The number of carbonyl (C=O) groups is 3. The number of carbonyl (C=O) groups excluding carboxylic acids is 3. The molecule has 1 aliphatic heterocycles. The summed E-state index contributed by atoms with van der Waals surface area (Å²) >= 11 is 13.0. The van der Waals surface area contributed by atoms with Crippen LogP contribution in [0, 0.1) is 6.92 Å². The van der Waals surface area contributed by atoms with E-state index in [2.05, 4.69) is 15.3 Å². The summed E-state index contributed by atoms with van der Waals surface area (Å²) in [5, 5.41) is 4.22. The van der Waals surface area contributed by atoms with Crippen molar-refractivity contribution >= 4 is 57.4 Å². The first-order valence-electron chi connectivity index (χ1n) is 14.3. The first-order chi connectivity index (χ1) is 21.6. The lowest BCUT2D eigenvalue weighted by atomic mass is 10.0. The number of nitrogens with one attached hydrogen (secondary N) is 1. The van der Waals surface area contributed by atoms with E-state index in [1.807, 2.05) is 37.3 Å². The molecule has 0 saturated carbocycles. The summed E-state index contributed by atoms with van der Waals surface area (Å²) < 4.78 is 16.4. The largest absolute Gasteiger partial charge is 0.337 e. The second kappa shape index (κ2) is 12.4. The number of amides is 2. The van der Waals surface area contributed by atoms with E-state index in [1.165, 1.54) is 11.8 Å². The van der Waals surface area contributed by atoms with E-state index in [0.29, 0.717) is 44.0 Å². The molecule has 1 aliphatic rings. The van der Waals surface area contributed by atoms with E-state index in [0.717, 1.165) is 11.3 Å². The van der Waals surface area contributed by atoms with Crippen LogP contribution < -0.4 is 5.32 Å². The fourth-order valence-electron chi connectivity index (χ4n) is 5.69. The van der Waals surface area contributed by atoms with Crippen molar-refractivity contribution in [3.63, 3.8) is 0 Å². The zero-order valence-corrected chi connectivity index (χ0v) is 25.9. The maximum atomic E-state index is 14.7. The van der Waals surface area contributed by atoms with E-state index < -0.39 is 24.0 Å². The zero-order valence-electron chi connectivity index (χ0n) is 24.4. The summed E-state index contributed by atoms with van der Waals surface area (Å²) in [6.07, 6.45) is 3.43. The molecule has 0 unspecified atom stereocenters. The minimum atomic E-state index is -1.37. The molecule has 0 radical (unpaired) electrons. The van der Waals surface area contributed by atoms with Crippen LogP contribution in [0.1, 0.15) is 29.4 Å². The Balaban J connectivity index is 1.25. The Morgan fingerprint density at radius 1 is 1.00 bits per heavy atom. The normalized spacial score (nSPS) is 16.2. The topological polar surface area (TPSA) is 97.2 Å². The van der Waals surface area contributed by atoms with Crippen molar-refractivity contribution in [1.82, 2.24) is 19.4 Å². The third kappa shape index (κ3) is 6.06. The van der Waals surface area contributed by atoms with E-state index >= 15 is 0 Å². The highest BCUT2D eigenvalue weighted by Crippen LogP contribution is 2.37. The van der Waals surface area contributed by atoms with Crippen molar-refractivity contribution in [1.29, 1.82) is 0 Å². The van der Waals surface area contributed by atoms with Crippen LogP contribution in [-0.4, -0.2) is 55.8 Å². The molecule has 2 atom stereocenters. The molecule has 228 valence electrons. The predicted molar refractivity (Wildman–Crippen MR) is 173 cm³/mol. The summed E-state index contributed by atoms with van der Waals surface area (Å²) in [6.45, 7) is 2.89. The second-order valence-electron chi connectivity index (χ2n) is 11.0. The van der Waals surface area contributed by atoms with Crippen LogP contribution in [0.25, 0.3) is 33.3 Å². The van der Waals surface area contributed by atoms with Gasteiger partial charge in [0.1, 0.15) is 18.8 Å². The van der Waals surface area contributed by atoms with E-state index in [-0.39, 0.29) is 30.3 Å². The Morgan fingerprint density at radius 3 is 2.51 bits per heavy atom. The number of likely N-dealkylation sites (tertiary alicyclic amines) is 1. The van der Waals surface area contributed by atoms with Crippen molar-refractivity contribution in [3.8, 4) is 22.4 Å². The number of hydrogen-bond donors (Lipinski definition) is 1. The average molecular weight is 645 g/mol. The molecule has 45 heavy (non-hydrogen) atoms. The molecule has 0 bridgehead atoms. The molecule has 5 aromatic rings. The van der Waals surface area contributed by atoms with Gasteiger partial charge in [0.15, 0.2) is 5.78 Å². The molecule has 3 heterocycles. The molecule has 11 heteroatoms. The van der Waals surface area contributed by atoms with E-state index in [1.54, 1.807) is 53.5 Å². The van der Waals surface area contributed by atoms with Gasteiger partial charge in [-0.05, 0) is 38.1 Å². The number of nitrogens with zero attached hydrogens (tertiary/aromatic N) is 4. The molecule has 1 saturated heterocycles. The maximum absolute atomic E-state index is 14.7. The Hall–Kier alpha value is -4.60. The fourth-order valence-corrected chi connectivity index (χ4v) is 6.20. The van der Waals surface area contributed by atoms with Gasteiger partial charge in [-0.3, -0.25) is 24.4 Å². The van der Waals surface area contributed by atoms with Crippen LogP contribution in [0.5, 0.6) is 0 Å². The number of anilines is 1. The molecule has 2 aromatic heterocycles. The van der Waals surface area contributed by atoms with Crippen LogP contribution in [0.3, 0.4) is 0 Å². The first kappa shape index (κ1) is 30.4. The van der Waals surface area contributed by atoms with Crippen molar-refractivity contribution in [3.05, 3.63) is 101 Å². The fraction of sp³-hybridized carbons (Fsp3) is 0.206. The number of rotatable bonds is 7. The van der Waals surface area contributed by atoms with Gasteiger partial charge in [0.05, 0.1) is 34.8 Å². The highest BCUT2D eigenvalue weighted by Gasteiger charge is 2.40. The number of ketones is 1. The smallest absolute Gasteiger partial charge is 0.247 e. The van der Waals surface area contributed by atoms with Gasteiger partial charge in [-0.15, -0.1) is 0 Å². The van der Waals surface area contributed by atoms with Gasteiger partial charge in [0.2, 0.25) is 11.8 Å². The van der Waals surface area contributed by atoms with Crippen LogP contribution in [0.2, 0.25) is 10.0 Å². The second-order valence-corrected chi connectivity index (χ2v) is 11.8. The summed E-state index contributed by atoms with van der Waals surface area (Å²) in [5.41, 5.74) is 4.95. The van der Waals surface area contributed by atoms with E-state index in [9.17, 15) is 18.8 Å². The Bertz CT molecular complexity index is 1960. The van der Waals surface area contributed by atoms with Gasteiger partial charge in [-0.2, -0.15) is 0 Å². The lowest BCUT2D eigenvalue weighted by Crippen LogP contribution is -2.44. The summed E-state index contributed by atoms with van der Waals surface area (Å²) in [7, 11) is 0. The van der Waals surface area contributed by atoms with Crippen LogP contribution in [0.15, 0.2) is 79.3 Å². The molecule has 6 rings (SSSR count). The molecular weight excluding hydrogens is 616 g/mol. The molecule has 2 amide bonds. The van der Waals surface area contributed by atoms with Crippen molar-refractivity contribution in [2.75, 3.05) is 11.9 Å². The highest BCUT2D eigenvalue weighted by atomic mass is 35.5. The van der Waals surface area contributed by atoms with Crippen LogP contribution in [-0.2, 0) is 16.1 Å². The standard InChI is InChI=1S/C34H28Cl2FN5O3/c1-19-14-39-29(15-38-19)21-10-11-30-25(12-21)26(20(2)43)17-41(30)18-32(44)42-16-22(37)13-31(42)34(45)40-28-9-5-7-24(33(28)36)23-6-3-4-8-27(23)35/h3-12,14-15,17,22,31H,13,16,18H2,1-2H3,(H,40,45)/t22-,31+/m1/s1. The molecule has 1 N–H and O–H groups in total. The van der Waals surface area contributed by atoms with Gasteiger partial charge in [-0.25, -0.2) is 4.39 Å². The molecule has 8 nitrogen and oxygen atoms in total. The number of alkyl halides is 1. The number of aryl methyl sites for hydroxylation is 1. The maximum Gasteiger partial charge on any atom is 0.247 e. The molecule has 1 fully saturated rings. The number of aromatic nitrogens is 3. The van der Waals surface area contributed by atoms with Crippen molar-refractivity contribution < 1.29 is 18.8 Å². The van der Waals surface area contributed by atoms with Gasteiger partial charge >= 0.3 is 0 Å². The Kier molecular flexibility index (Phi) is 8.40.